The molecule has 1 aromatic carbocycles. The Balaban J connectivity index is 1.85. The van der Waals surface area contributed by atoms with Gasteiger partial charge in [-0.2, -0.15) is 5.10 Å². The van der Waals surface area contributed by atoms with Crippen LogP contribution >= 0.6 is 0 Å². The lowest BCUT2D eigenvalue weighted by Crippen LogP contribution is -2.13. The second kappa shape index (κ2) is 6.40. The third kappa shape index (κ3) is 3.15. The number of nitrogens with one attached hydrogen (secondary N) is 1. The number of hydrogen-bond donors (Lipinski definition) is 2. The van der Waals surface area contributed by atoms with E-state index < -0.39 is 16.6 Å². The maximum atomic E-state index is 12.4. The summed E-state index contributed by atoms with van der Waals surface area (Å²) < 4.78 is 1.52. The first-order chi connectivity index (χ1) is 12.0. The Hall–Kier alpha value is -3.75. The minimum absolute atomic E-state index is 0.0700. The van der Waals surface area contributed by atoms with E-state index in [1.807, 2.05) is 0 Å². The number of carbonyl (C=O) groups is 1. The lowest BCUT2D eigenvalue weighted by molar-refractivity contribution is -0.384. The number of nitrogens with zero attached hydrogens (tertiary/aromatic N) is 4. The molecule has 9 nitrogen and oxygen atoms in total. The molecular formula is C16H13N5O4. The van der Waals surface area contributed by atoms with Gasteiger partial charge in [-0.05, 0) is 25.1 Å². The van der Waals surface area contributed by atoms with E-state index in [0.717, 1.165) is 6.07 Å². The summed E-state index contributed by atoms with van der Waals surface area (Å²) in [6, 6.07) is 8.76. The van der Waals surface area contributed by atoms with E-state index >= 15 is 0 Å². The number of nitro benzene ring substituents is 1. The number of pyridine rings is 1. The van der Waals surface area contributed by atoms with E-state index in [1.54, 1.807) is 31.3 Å². The van der Waals surface area contributed by atoms with Gasteiger partial charge in [0.2, 0.25) is 0 Å². The summed E-state index contributed by atoms with van der Waals surface area (Å²) in [4.78, 5) is 26.6. The van der Waals surface area contributed by atoms with Gasteiger partial charge in [0.05, 0.1) is 34.1 Å². The molecule has 126 valence electrons. The average Bonchev–Trinajstić information content (AvgIpc) is 2.99. The van der Waals surface area contributed by atoms with Crippen molar-refractivity contribution in [3.05, 3.63) is 70.2 Å². The molecule has 9 heteroatoms. The molecular weight excluding hydrogens is 326 g/mol. The topological polar surface area (TPSA) is 123 Å². The molecule has 2 N–H and O–H groups in total. The molecule has 0 bridgehead atoms. The van der Waals surface area contributed by atoms with Crippen LogP contribution in [0.25, 0.3) is 5.82 Å². The highest BCUT2D eigenvalue weighted by atomic mass is 16.6. The van der Waals surface area contributed by atoms with Gasteiger partial charge in [-0.3, -0.25) is 14.9 Å². The predicted molar refractivity (Wildman–Crippen MR) is 88.8 cm³/mol. The summed E-state index contributed by atoms with van der Waals surface area (Å²) in [6.45, 7) is 1.71. The highest BCUT2D eigenvalue weighted by molar-refractivity contribution is 6.05. The number of carbonyl (C=O) groups excluding carboxylic acids is 1. The smallest absolute Gasteiger partial charge is 0.273 e. The number of aromatic nitrogens is 3. The van der Waals surface area contributed by atoms with Gasteiger partial charge in [-0.25, -0.2) is 9.67 Å². The Labute approximate surface area is 141 Å². The van der Waals surface area contributed by atoms with E-state index in [9.17, 15) is 20.0 Å². The fraction of sp³-hybridized carbons (Fsp3) is 0.0625. The average molecular weight is 339 g/mol. The fourth-order valence-electron chi connectivity index (χ4n) is 2.27. The van der Waals surface area contributed by atoms with Crippen LogP contribution in [-0.4, -0.2) is 30.7 Å². The van der Waals surface area contributed by atoms with Gasteiger partial charge < -0.3 is 10.4 Å². The zero-order valence-corrected chi connectivity index (χ0v) is 13.1. The number of aromatic hydroxyl groups is 1. The Morgan fingerprint density at radius 3 is 2.76 bits per heavy atom. The molecule has 0 unspecified atom stereocenters. The monoisotopic (exact) mass is 339 g/mol. The molecule has 0 aliphatic heterocycles. The number of rotatable bonds is 4. The van der Waals surface area contributed by atoms with E-state index in [2.05, 4.69) is 15.4 Å². The van der Waals surface area contributed by atoms with Crippen LogP contribution in [0.2, 0.25) is 0 Å². The molecule has 1 amide bonds. The van der Waals surface area contributed by atoms with Crippen LogP contribution in [0, 0.1) is 17.0 Å². The third-order valence-electron chi connectivity index (χ3n) is 3.56. The highest BCUT2D eigenvalue weighted by Crippen LogP contribution is 2.28. The zero-order valence-electron chi connectivity index (χ0n) is 13.1. The predicted octanol–water partition coefficient (Wildman–Crippen LogP) is 2.44. The first-order valence-electron chi connectivity index (χ1n) is 7.22. The van der Waals surface area contributed by atoms with Gasteiger partial charge >= 0.3 is 0 Å². The number of non-ortho nitro benzene ring substituents is 1. The molecule has 0 radical (unpaired) electrons. The van der Waals surface area contributed by atoms with Gasteiger partial charge in [-0.15, -0.1) is 0 Å². The number of hydrogen-bond acceptors (Lipinski definition) is 6. The third-order valence-corrected chi connectivity index (χ3v) is 3.56. The highest BCUT2D eigenvalue weighted by Gasteiger charge is 2.18. The van der Waals surface area contributed by atoms with Crippen molar-refractivity contribution in [3.63, 3.8) is 0 Å². The molecule has 25 heavy (non-hydrogen) atoms. The van der Waals surface area contributed by atoms with Crippen molar-refractivity contribution in [2.24, 2.45) is 0 Å². The Morgan fingerprint density at radius 1 is 1.32 bits per heavy atom. The molecule has 3 aromatic rings. The summed E-state index contributed by atoms with van der Waals surface area (Å²) in [7, 11) is 0. The largest absolute Gasteiger partial charge is 0.506 e. The maximum Gasteiger partial charge on any atom is 0.273 e. The molecule has 2 aromatic heterocycles. The van der Waals surface area contributed by atoms with Gasteiger partial charge in [-0.1, -0.05) is 6.07 Å². The quantitative estimate of drug-likeness (QED) is 0.427. The summed E-state index contributed by atoms with van der Waals surface area (Å²) in [5.74, 6) is -0.321. The van der Waals surface area contributed by atoms with Crippen molar-refractivity contribution in [2.45, 2.75) is 6.92 Å². The van der Waals surface area contributed by atoms with Crippen molar-refractivity contribution < 1.29 is 14.8 Å². The molecule has 0 saturated heterocycles. The fourth-order valence-corrected chi connectivity index (χ4v) is 2.27. The molecule has 0 atom stereocenters. The minimum Gasteiger partial charge on any atom is -0.506 e. The second-order valence-electron chi connectivity index (χ2n) is 5.16. The van der Waals surface area contributed by atoms with Gasteiger partial charge in [0, 0.05) is 12.3 Å². The van der Waals surface area contributed by atoms with Crippen LogP contribution in [0.5, 0.6) is 5.75 Å². The summed E-state index contributed by atoms with van der Waals surface area (Å²) in [5.41, 5.74) is 0.663. The normalized spacial score (nSPS) is 10.4. The number of anilines is 1. The Morgan fingerprint density at radius 2 is 2.12 bits per heavy atom. The van der Waals surface area contributed by atoms with E-state index in [1.165, 1.54) is 23.0 Å². The van der Waals surface area contributed by atoms with E-state index in [-0.39, 0.29) is 11.4 Å². The zero-order chi connectivity index (χ0) is 18.0. The van der Waals surface area contributed by atoms with Crippen molar-refractivity contribution in [3.8, 4) is 11.6 Å². The van der Waals surface area contributed by atoms with Crippen LogP contribution in [0.15, 0.2) is 48.8 Å². The number of phenolic OH excluding ortho intramolecular Hbond substituents is 1. The van der Waals surface area contributed by atoms with Crippen molar-refractivity contribution >= 4 is 17.3 Å². The van der Waals surface area contributed by atoms with Crippen LogP contribution < -0.4 is 5.32 Å². The van der Waals surface area contributed by atoms with E-state index in [4.69, 9.17) is 0 Å². The minimum atomic E-state index is -0.633. The van der Waals surface area contributed by atoms with Crippen LogP contribution in [0.1, 0.15) is 16.1 Å². The van der Waals surface area contributed by atoms with Crippen molar-refractivity contribution in [1.82, 2.24) is 14.8 Å². The Kier molecular flexibility index (Phi) is 4.12. The molecule has 0 aliphatic rings. The van der Waals surface area contributed by atoms with Crippen molar-refractivity contribution in [2.75, 3.05) is 5.32 Å². The first-order valence-corrected chi connectivity index (χ1v) is 7.22. The molecule has 3 rings (SSSR count). The van der Waals surface area contributed by atoms with Gasteiger partial charge in [0.1, 0.15) is 5.75 Å². The van der Waals surface area contributed by atoms with E-state index in [0.29, 0.717) is 17.1 Å². The lowest BCUT2D eigenvalue weighted by atomic mass is 10.2. The molecule has 0 fully saturated rings. The molecule has 0 saturated carbocycles. The number of nitro groups is 1. The van der Waals surface area contributed by atoms with Crippen LogP contribution in [0.4, 0.5) is 11.4 Å². The second-order valence-corrected chi connectivity index (χ2v) is 5.16. The summed E-state index contributed by atoms with van der Waals surface area (Å²) in [5, 5.41) is 27.2. The Bertz CT molecular complexity index is 952. The number of amides is 1. The van der Waals surface area contributed by atoms with Gasteiger partial charge in [0.25, 0.3) is 11.6 Å². The number of phenols is 1. The summed E-state index contributed by atoms with van der Waals surface area (Å²) in [6.07, 6.45) is 3.01. The molecule has 0 aliphatic carbocycles. The van der Waals surface area contributed by atoms with Crippen LogP contribution in [0.3, 0.4) is 0 Å². The lowest BCUT2D eigenvalue weighted by Gasteiger charge is -2.07. The van der Waals surface area contributed by atoms with Crippen molar-refractivity contribution in [1.29, 1.82) is 0 Å². The molecule has 0 spiro atoms. The number of benzene rings is 1. The molecule has 2 heterocycles. The first kappa shape index (κ1) is 16.1. The van der Waals surface area contributed by atoms with Crippen LogP contribution in [-0.2, 0) is 0 Å². The SMILES string of the molecule is Cc1c(C(=O)Nc2ccc([N+](=O)[O-])cc2O)cnn1-c1ccccn1. The maximum absolute atomic E-state index is 12.4. The van der Waals surface area contributed by atoms with Gasteiger partial charge in [0.15, 0.2) is 5.82 Å². The summed E-state index contributed by atoms with van der Waals surface area (Å²) >= 11 is 0. The standard InChI is InChI=1S/C16H13N5O4/c1-10-12(9-18-20(10)15-4-2-3-7-17-15)16(23)19-13-6-5-11(21(24)25)8-14(13)22/h2-9,22H,1H3,(H,19,23).